The van der Waals surface area contributed by atoms with Crippen molar-refractivity contribution in [2.45, 2.75) is 26.2 Å². The van der Waals surface area contributed by atoms with E-state index in [0.29, 0.717) is 11.4 Å². The molecule has 0 unspecified atom stereocenters. The Morgan fingerprint density at radius 1 is 1.08 bits per heavy atom. The van der Waals surface area contributed by atoms with E-state index in [0.717, 1.165) is 22.8 Å². The molecule has 124 valence electrons. The minimum atomic E-state index is -0.211. The highest BCUT2D eigenvalue weighted by molar-refractivity contribution is 7.00. The summed E-state index contributed by atoms with van der Waals surface area (Å²) in [6.45, 7) is 6.43. The number of hydrogen-bond donors (Lipinski definition) is 1. The average Bonchev–Trinajstić information content (AvgIpc) is 3.00. The molecule has 0 aliphatic heterocycles. The fraction of sp³-hybridized carbons (Fsp3) is 0.278. The molecule has 1 aromatic heterocycles. The lowest BCUT2D eigenvalue weighted by Gasteiger charge is -2.19. The van der Waals surface area contributed by atoms with Crippen LogP contribution in [0.15, 0.2) is 42.5 Å². The number of rotatable bonds is 4. The number of aromatic nitrogens is 2. The molecule has 0 aliphatic carbocycles. The fourth-order valence-electron chi connectivity index (χ4n) is 2.26. The molecule has 0 aliphatic rings. The SMILES string of the molecule is CC(C)(C)c1ccc(OCC(=O)Nc2ccc3nsnc3c2)cc1. The second-order valence-electron chi connectivity index (χ2n) is 6.58. The van der Waals surface area contributed by atoms with Crippen LogP contribution in [0.25, 0.3) is 11.0 Å². The van der Waals surface area contributed by atoms with Crippen LogP contribution in [0, 0.1) is 0 Å². The number of carbonyl (C=O) groups is 1. The summed E-state index contributed by atoms with van der Waals surface area (Å²) < 4.78 is 13.8. The first kappa shape index (κ1) is 16.4. The maximum atomic E-state index is 12.0. The van der Waals surface area contributed by atoms with Crippen LogP contribution in [0.5, 0.6) is 5.75 Å². The van der Waals surface area contributed by atoms with E-state index in [9.17, 15) is 4.79 Å². The topological polar surface area (TPSA) is 64.1 Å². The van der Waals surface area contributed by atoms with Gasteiger partial charge in [-0.1, -0.05) is 32.9 Å². The van der Waals surface area contributed by atoms with Crippen molar-refractivity contribution in [1.82, 2.24) is 8.75 Å². The summed E-state index contributed by atoms with van der Waals surface area (Å²) >= 11 is 1.15. The first-order valence-electron chi connectivity index (χ1n) is 7.67. The Balaban J connectivity index is 1.57. The van der Waals surface area contributed by atoms with E-state index in [2.05, 4.69) is 34.8 Å². The molecule has 2 aromatic carbocycles. The predicted octanol–water partition coefficient (Wildman–Crippen LogP) is 4.01. The summed E-state index contributed by atoms with van der Waals surface area (Å²) in [4.78, 5) is 12.0. The van der Waals surface area contributed by atoms with Gasteiger partial charge >= 0.3 is 0 Å². The summed E-state index contributed by atoms with van der Waals surface area (Å²) in [6.07, 6.45) is 0. The molecule has 1 heterocycles. The van der Waals surface area contributed by atoms with Crippen LogP contribution in [0.4, 0.5) is 5.69 Å². The van der Waals surface area contributed by atoms with Crippen molar-refractivity contribution in [3.63, 3.8) is 0 Å². The molecule has 3 rings (SSSR count). The lowest BCUT2D eigenvalue weighted by Crippen LogP contribution is -2.20. The monoisotopic (exact) mass is 341 g/mol. The van der Waals surface area contributed by atoms with Gasteiger partial charge in [0.05, 0.1) is 11.7 Å². The fourth-order valence-corrected chi connectivity index (χ4v) is 2.77. The number of ether oxygens (including phenoxy) is 1. The van der Waals surface area contributed by atoms with Crippen LogP contribution in [0.2, 0.25) is 0 Å². The molecule has 24 heavy (non-hydrogen) atoms. The Labute approximate surface area is 145 Å². The molecule has 6 heteroatoms. The zero-order valence-corrected chi connectivity index (χ0v) is 14.7. The maximum absolute atomic E-state index is 12.0. The average molecular weight is 341 g/mol. The van der Waals surface area contributed by atoms with Crippen LogP contribution in [-0.2, 0) is 10.2 Å². The highest BCUT2D eigenvalue weighted by Gasteiger charge is 2.13. The maximum Gasteiger partial charge on any atom is 0.262 e. The Morgan fingerprint density at radius 3 is 2.50 bits per heavy atom. The number of nitrogens with zero attached hydrogens (tertiary/aromatic N) is 2. The first-order valence-corrected chi connectivity index (χ1v) is 8.40. The molecule has 0 bridgehead atoms. The normalized spacial score (nSPS) is 11.5. The van der Waals surface area contributed by atoms with E-state index < -0.39 is 0 Å². The van der Waals surface area contributed by atoms with E-state index in [4.69, 9.17) is 4.74 Å². The number of nitrogens with one attached hydrogen (secondary N) is 1. The molecule has 0 radical (unpaired) electrons. The molecule has 0 saturated carbocycles. The third kappa shape index (κ3) is 3.89. The number of amides is 1. The van der Waals surface area contributed by atoms with E-state index in [1.54, 1.807) is 12.1 Å². The standard InChI is InChI=1S/C18H19N3O2S/c1-18(2,3)12-4-7-14(8-5-12)23-11-17(22)19-13-6-9-15-16(10-13)21-24-20-15/h4-10H,11H2,1-3H3,(H,19,22). The van der Waals surface area contributed by atoms with Crippen LogP contribution in [0.3, 0.4) is 0 Å². The van der Waals surface area contributed by atoms with Gasteiger partial charge in [0.15, 0.2) is 6.61 Å². The van der Waals surface area contributed by atoms with Crippen LogP contribution in [0.1, 0.15) is 26.3 Å². The van der Waals surface area contributed by atoms with Crippen molar-refractivity contribution in [3.05, 3.63) is 48.0 Å². The van der Waals surface area contributed by atoms with Gasteiger partial charge in [-0.25, -0.2) is 0 Å². The zero-order chi connectivity index (χ0) is 17.2. The molecule has 5 nitrogen and oxygen atoms in total. The van der Waals surface area contributed by atoms with Crippen molar-refractivity contribution < 1.29 is 9.53 Å². The summed E-state index contributed by atoms with van der Waals surface area (Å²) in [6, 6.07) is 13.3. The number of anilines is 1. The molecule has 0 fully saturated rings. The Hall–Kier alpha value is -2.47. The lowest BCUT2D eigenvalue weighted by atomic mass is 9.87. The van der Waals surface area contributed by atoms with Crippen molar-refractivity contribution in [3.8, 4) is 5.75 Å². The van der Waals surface area contributed by atoms with Crippen LogP contribution in [-0.4, -0.2) is 21.3 Å². The van der Waals surface area contributed by atoms with Gasteiger partial charge in [-0.05, 0) is 41.3 Å². The molecule has 0 atom stereocenters. The van der Waals surface area contributed by atoms with Gasteiger partial charge in [-0.15, -0.1) is 0 Å². The summed E-state index contributed by atoms with van der Waals surface area (Å²) in [5, 5.41) is 2.80. The van der Waals surface area contributed by atoms with Crippen molar-refractivity contribution in [2.24, 2.45) is 0 Å². The van der Waals surface area contributed by atoms with Crippen molar-refractivity contribution in [2.75, 3.05) is 11.9 Å². The molecule has 3 aromatic rings. The minimum absolute atomic E-state index is 0.0395. The van der Waals surface area contributed by atoms with Crippen LogP contribution >= 0.6 is 11.7 Å². The number of fused-ring (bicyclic) bond motifs is 1. The third-order valence-corrected chi connectivity index (χ3v) is 4.18. The molecule has 0 spiro atoms. The second-order valence-corrected chi connectivity index (χ2v) is 7.11. The molecular weight excluding hydrogens is 322 g/mol. The number of carbonyl (C=O) groups excluding carboxylic acids is 1. The van der Waals surface area contributed by atoms with E-state index in [1.807, 2.05) is 30.3 Å². The first-order chi connectivity index (χ1) is 11.4. The van der Waals surface area contributed by atoms with Gasteiger partial charge in [0.1, 0.15) is 16.8 Å². The smallest absolute Gasteiger partial charge is 0.262 e. The van der Waals surface area contributed by atoms with E-state index >= 15 is 0 Å². The van der Waals surface area contributed by atoms with Crippen LogP contribution < -0.4 is 10.1 Å². The van der Waals surface area contributed by atoms with Crippen molar-refractivity contribution >= 4 is 34.4 Å². The van der Waals surface area contributed by atoms with Gasteiger partial charge in [0.2, 0.25) is 0 Å². The zero-order valence-electron chi connectivity index (χ0n) is 13.9. The van der Waals surface area contributed by atoms with E-state index in [1.165, 1.54) is 5.56 Å². The van der Waals surface area contributed by atoms with Gasteiger partial charge in [0, 0.05) is 5.69 Å². The Bertz CT molecular complexity index is 851. The highest BCUT2D eigenvalue weighted by Crippen LogP contribution is 2.24. The largest absolute Gasteiger partial charge is 0.484 e. The Kier molecular flexibility index (Phi) is 4.49. The highest BCUT2D eigenvalue weighted by atomic mass is 32.1. The van der Waals surface area contributed by atoms with Gasteiger partial charge < -0.3 is 10.1 Å². The second kappa shape index (κ2) is 6.57. The molecular formula is C18H19N3O2S. The quantitative estimate of drug-likeness (QED) is 0.779. The van der Waals surface area contributed by atoms with Gasteiger partial charge in [0.25, 0.3) is 5.91 Å². The van der Waals surface area contributed by atoms with Gasteiger partial charge in [-0.3, -0.25) is 4.79 Å². The summed E-state index contributed by atoms with van der Waals surface area (Å²) in [5.74, 6) is 0.467. The minimum Gasteiger partial charge on any atom is -0.484 e. The molecule has 1 amide bonds. The van der Waals surface area contributed by atoms with E-state index in [-0.39, 0.29) is 17.9 Å². The summed E-state index contributed by atoms with van der Waals surface area (Å²) in [5.41, 5.74) is 3.61. The molecule has 0 saturated heterocycles. The molecule has 1 N–H and O–H groups in total. The third-order valence-electron chi connectivity index (χ3n) is 3.63. The van der Waals surface area contributed by atoms with Gasteiger partial charge in [-0.2, -0.15) is 8.75 Å². The predicted molar refractivity (Wildman–Crippen MR) is 96.7 cm³/mol. The lowest BCUT2D eigenvalue weighted by molar-refractivity contribution is -0.118. The summed E-state index contributed by atoms with van der Waals surface area (Å²) in [7, 11) is 0. The number of hydrogen-bond acceptors (Lipinski definition) is 5. The number of benzene rings is 2. The Morgan fingerprint density at radius 2 is 1.79 bits per heavy atom. The van der Waals surface area contributed by atoms with Crippen molar-refractivity contribution in [1.29, 1.82) is 0 Å².